The van der Waals surface area contributed by atoms with Crippen LogP contribution in [0.3, 0.4) is 0 Å². The second kappa shape index (κ2) is 11.3. The number of nitrogens with one attached hydrogen (secondary N) is 1. The van der Waals surface area contributed by atoms with Crippen LogP contribution in [0.2, 0.25) is 0 Å². The molecular formula is C27H45N5O2. The summed E-state index contributed by atoms with van der Waals surface area (Å²) >= 11 is 0. The number of nitrogens with zero attached hydrogens (tertiary/aromatic N) is 4. The first kappa shape index (κ1) is 25.3. The number of carbonyl (C=O) groups is 1. The Bertz CT molecular complexity index is 825. The van der Waals surface area contributed by atoms with Gasteiger partial charge in [-0.3, -0.25) is 4.90 Å². The van der Waals surface area contributed by atoms with Crippen molar-refractivity contribution in [3.63, 3.8) is 0 Å². The molecule has 4 rings (SSSR count). The van der Waals surface area contributed by atoms with E-state index in [4.69, 9.17) is 4.74 Å². The lowest BCUT2D eigenvalue weighted by Gasteiger charge is -2.32. The monoisotopic (exact) mass is 471 g/mol. The number of rotatable bonds is 10. The fourth-order valence-electron chi connectivity index (χ4n) is 6.19. The highest BCUT2D eigenvalue weighted by Crippen LogP contribution is 2.51. The Morgan fingerprint density at radius 3 is 2.47 bits per heavy atom. The molecule has 2 atom stereocenters. The summed E-state index contributed by atoms with van der Waals surface area (Å²) in [6.45, 7) is 10.2. The van der Waals surface area contributed by atoms with Gasteiger partial charge in [-0.25, -0.2) is 4.79 Å². The predicted octanol–water partition coefficient (Wildman–Crippen LogP) is 3.73. The molecule has 0 bridgehead atoms. The molecule has 7 nitrogen and oxygen atoms in total. The summed E-state index contributed by atoms with van der Waals surface area (Å²) in [5, 5.41) is 2.93. The minimum atomic E-state index is -0.344. The quantitative estimate of drug-likeness (QED) is 0.525. The maximum absolute atomic E-state index is 12.3. The van der Waals surface area contributed by atoms with E-state index in [1.165, 1.54) is 69.7 Å². The minimum absolute atomic E-state index is 0.0825. The van der Waals surface area contributed by atoms with E-state index in [-0.39, 0.29) is 11.5 Å². The summed E-state index contributed by atoms with van der Waals surface area (Å²) in [6, 6.07) is 6.09. The van der Waals surface area contributed by atoms with Gasteiger partial charge in [-0.1, -0.05) is 32.6 Å². The number of carbonyl (C=O) groups excluding carboxylic acids is 1. The van der Waals surface area contributed by atoms with Crippen LogP contribution in [0.1, 0.15) is 57.4 Å². The lowest BCUT2D eigenvalue weighted by Crippen LogP contribution is -2.45. The van der Waals surface area contributed by atoms with Crippen LogP contribution in [0, 0.1) is 0 Å². The number of amides is 1. The number of ether oxygens (including phenoxy) is 1. The summed E-state index contributed by atoms with van der Waals surface area (Å²) in [4.78, 5) is 22.1. The molecule has 2 saturated heterocycles. The van der Waals surface area contributed by atoms with Crippen molar-refractivity contribution in [1.29, 1.82) is 0 Å². The molecule has 2 fully saturated rings. The van der Waals surface area contributed by atoms with E-state index in [1.54, 1.807) is 0 Å². The Kier molecular flexibility index (Phi) is 8.38. The Balaban J connectivity index is 1.09. The van der Waals surface area contributed by atoms with Crippen molar-refractivity contribution in [1.82, 2.24) is 20.0 Å². The van der Waals surface area contributed by atoms with Crippen LogP contribution in [0.25, 0.3) is 0 Å². The number of likely N-dealkylation sites (tertiary alicyclic amines) is 1. The number of benzene rings is 1. The predicted molar refractivity (Wildman–Crippen MR) is 139 cm³/mol. The molecule has 0 spiro atoms. The summed E-state index contributed by atoms with van der Waals surface area (Å²) in [7, 11) is 6.57. The van der Waals surface area contributed by atoms with Gasteiger partial charge < -0.3 is 24.8 Å². The van der Waals surface area contributed by atoms with Crippen LogP contribution >= 0.6 is 0 Å². The third kappa shape index (κ3) is 5.69. The summed E-state index contributed by atoms with van der Waals surface area (Å²) in [6.07, 6.45) is 8.47. The normalized spacial score (nSPS) is 25.4. The Morgan fingerprint density at radius 1 is 1.00 bits per heavy atom. The number of unbranched alkanes of at least 4 members (excludes halogenated alkanes) is 5. The molecule has 0 unspecified atom stereocenters. The SMILES string of the molecule is CN1CCN(CCCCCCCCNC(=O)Oc2ccc3c(c2)[C@]2(C)CCN(C)[C@@H]2N3C)CC1. The summed E-state index contributed by atoms with van der Waals surface area (Å²) in [5.74, 6) is 0.640. The second-order valence-corrected chi connectivity index (χ2v) is 10.9. The van der Waals surface area contributed by atoms with Gasteiger partial charge in [0.2, 0.25) is 0 Å². The fourth-order valence-corrected chi connectivity index (χ4v) is 6.19. The average molecular weight is 472 g/mol. The van der Waals surface area contributed by atoms with Crippen LogP contribution in [0.5, 0.6) is 5.75 Å². The van der Waals surface area contributed by atoms with Gasteiger partial charge in [0.1, 0.15) is 5.75 Å². The molecule has 0 saturated carbocycles. The maximum Gasteiger partial charge on any atom is 0.412 e. The number of hydrogen-bond donors (Lipinski definition) is 1. The van der Waals surface area contributed by atoms with E-state index >= 15 is 0 Å². The van der Waals surface area contributed by atoms with Gasteiger partial charge in [0, 0.05) is 57.4 Å². The Morgan fingerprint density at radius 2 is 1.71 bits per heavy atom. The zero-order valence-electron chi connectivity index (χ0n) is 21.8. The van der Waals surface area contributed by atoms with Crippen molar-refractivity contribution in [3.8, 4) is 5.75 Å². The molecular weight excluding hydrogens is 426 g/mol. The lowest BCUT2D eigenvalue weighted by atomic mass is 9.81. The van der Waals surface area contributed by atoms with Gasteiger partial charge in [-0.15, -0.1) is 0 Å². The lowest BCUT2D eigenvalue weighted by molar-refractivity contribution is 0.152. The maximum atomic E-state index is 12.3. The molecule has 3 aliphatic heterocycles. The molecule has 0 radical (unpaired) electrons. The molecule has 0 aromatic heterocycles. The highest BCUT2D eigenvalue weighted by atomic mass is 16.6. The third-order valence-corrected chi connectivity index (χ3v) is 8.28. The molecule has 1 aromatic carbocycles. The van der Waals surface area contributed by atoms with Gasteiger partial charge >= 0.3 is 6.09 Å². The minimum Gasteiger partial charge on any atom is -0.410 e. The number of fused-ring (bicyclic) bond motifs is 3. The zero-order valence-corrected chi connectivity index (χ0v) is 21.8. The van der Waals surface area contributed by atoms with Crippen LogP contribution in [0.4, 0.5) is 10.5 Å². The van der Waals surface area contributed by atoms with Crippen molar-refractivity contribution in [3.05, 3.63) is 23.8 Å². The van der Waals surface area contributed by atoms with E-state index < -0.39 is 0 Å². The number of hydrogen-bond acceptors (Lipinski definition) is 6. The van der Waals surface area contributed by atoms with Crippen LogP contribution in [-0.2, 0) is 5.41 Å². The van der Waals surface area contributed by atoms with Gasteiger partial charge in [0.15, 0.2) is 0 Å². The standard InChI is InChI=1S/C27H45N5O2/c1-27-13-16-30(3)25(27)31(4)24-12-11-22(21-23(24)27)34-26(33)28-14-9-7-5-6-8-10-15-32-19-17-29(2)18-20-32/h11-12,21,25H,5-10,13-20H2,1-4H3,(H,28,33)/t25-,27+/m1/s1. The van der Waals surface area contributed by atoms with Crippen molar-refractivity contribution < 1.29 is 9.53 Å². The zero-order chi connectivity index (χ0) is 24.1. The number of piperazine rings is 1. The average Bonchev–Trinajstić information content (AvgIpc) is 3.24. The van der Waals surface area contributed by atoms with Gasteiger partial charge in [-0.2, -0.15) is 0 Å². The molecule has 1 aromatic rings. The molecule has 3 heterocycles. The molecule has 34 heavy (non-hydrogen) atoms. The smallest absolute Gasteiger partial charge is 0.410 e. The Labute approximate surface area is 206 Å². The highest BCUT2D eigenvalue weighted by molar-refractivity contribution is 5.72. The van der Waals surface area contributed by atoms with Crippen molar-refractivity contribution in [2.24, 2.45) is 0 Å². The van der Waals surface area contributed by atoms with Gasteiger partial charge in [-0.05, 0) is 63.7 Å². The van der Waals surface area contributed by atoms with E-state index in [9.17, 15) is 4.79 Å². The number of likely N-dealkylation sites (N-methyl/N-ethyl adjacent to an activating group) is 3. The van der Waals surface area contributed by atoms with Crippen LogP contribution in [0.15, 0.2) is 18.2 Å². The van der Waals surface area contributed by atoms with E-state index in [0.29, 0.717) is 18.5 Å². The molecule has 3 aliphatic rings. The van der Waals surface area contributed by atoms with E-state index in [0.717, 1.165) is 25.8 Å². The molecule has 7 heteroatoms. The highest BCUT2D eigenvalue weighted by Gasteiger charge is 2.52. The molecule has 1 amide bonds. The van der Waals surface area contributed by atoms with Crippen molar-refractivity contribution in [2.45, 2.75) is 63.5 Å². The molecule has 0 aliphatic carbocycles. The Hall–Kier alpha value is -1.83. The van der Waals surface area contributed by atoms with Crippen molar-refractivity contribution >= 4 is 11.8 Å². The third-order valence-electron chi connectivity index (χ3n) is 8.28. The first-order valence-electron chi connectivity index (χ1n) is 13.3. The number of anilines is 1. The fraction of sp³-hybridized carbons (Fsp3) is 0.741. The molecule has 1 N–H and O–H groups in total. The summed E-state index contributed by atoms with van der Waals surface area (Å²) < 4.78 is 5.63. The van der Waals surface area contributed by atoms with Gasteiger partial charge in [0.25, 0.3) is 0 Å². The molecule has 190 valence electrons. The summed E-state index contributed by atoms with van der Waals surface area (Å²) in [5.41, 5.74) is 2.62. The van der Waals surface area contributed by atoms with E-state index in [1.807, 2.05) is 6.07 Å². The largest absolute Gasteiger partial charge is 0.412 e. The van der Waals surface area contributed by atoms with E-state index in [2.05, 4.69) is 65.1 Å². The van der Waals surface area contributed by atoms with Gasteiger partial charge in [0.05, 0.1) is 6.17 Å². The topological polar surface area (TPSA) is 51.3 Å². The van der Waals surface area contributed by atoms with Crippen LogP contribution < -0.4 is 15.0 Å². The first-order chi connectivity index (χ1) is 16.4. The van der Waals surface area contributed by atoms with Crippen molar-refractivity contribution in [2.75, 3.05) is 71.9 Å². The first-order valence-corrected chi connectivity index (χ1v) is 13.3. The second-order valence-electron chi connectivity index (χ2n) is 10.9. The van der Waals surface area contributed by atoms with Crippen LogP contribution in [-0.4, -0.2) is 93.9 Å².